The Labute approximate surface area is 157 Å². The SMILES string of the molecule is CN=C(NCc1ccc(C(F)(F)F)cc1)NC(C)Cc1c(C)nn(C)c1C. The molecule has 0 amide bonds. The second kappa shape index (κ2) is 8.45. The Hall–Kier alpha value is -2.51. The molecule has 2 aromatic rings. The van der Waals surface area contributed by atoms with E-state index in [1.54, 1.807) is 7.05 Å². The maximum absolute atomic E-state index is 12.6. The van der Waals surface area contributed by atoms with Gasteiger partial charge in [-0.05, 0) is 50.5 Å². The lowest BCUT2D eigenvalue weighted by atomic mass is 10.1. The third-order valence-corrected chi connectivity index (χ3v) is 4.52. The molecule has 5 nitrogen and oxygen atoms in total. The number of nitrogens with one attached hydrogen (secondary N) is 2. The highest BCUT2D eigenvalue weighted by Gasteiger charge is 2.29. The maximum Gasteiger partial charge on any atom is 0.416 e. The highest BCUT2D eigenvalue weighted by atomic mass is 19.4. The van der Waals surface area contributed by atoms with Gasteiger partial charge in [-0.25, -0.2) is 0 Å². The van der Waals surface area contributed by atoms with Crippen molar-refractivity contribution >= 4 is 5.96 Å². The first-order valence-electron chi connectivity index (χ1n) is 8.74. The number of benzene rings is 1. The van der Waals surface area contributed by atoms with Gasteiger partial charge in [-0.3, -0.25) is 9.67 Å². The number of rotatable bonds is 5. The van der Waals surface area contributed by atoms with Crippen molar-refractivity contribution in [1.82, 2.24) is 20.4 Å². The molecule has 0 radical (unpaired) electrons. The first-order valence-corrected chi connectivity index (χ1v) is 8.74. The van der Waals surface area contributed by atoms with Crippen molar-refractivity contribution in [3.05, 3.63) is 52.3 Å². The summed E-state index contributed by atoms with van der Waals surface area (Å²) in [6.07, 6.45) is -3.52. The van der Waals surface area contributed by atoms with Gasteiger partial charge in [0.15, 0.2) is 5.96 Å². The predicted octanol–water partition coefficient (Wildman–Crippen LogP) is 3.35. The summed E-state index contributed by atoms with van der Waals surface area (Å²) in [5, 5.41) is 10.9. The average molecular weight is 381 g/mol. The summed E-state index contributed by atoms with van der Waals surface area (Å²) >= 11 is 0. The van der Waals surface area contributed by atoms with Crippen LogP contribution < -0.4 is 10.6 Å². The van der Waals surface area contributed by atoms with Crippen molar-refractivity contribution in [2.45, 2.75) is 46.0 Å². The third-order valence-electron chi connectivity index (χ3n) is 4.52. The molecule has 1 unspecified atom stereocenters. The lowest BCUT2D eigenvalue weighted by Gasteiger charge is -2.18. The van der Waals surface area contributed by atoms with Gasteiger partial charge < -0.3 is 10.6 Å². The van der Waals surface area contributed by atoms with Crippen molar-refractivity contribution in [1.29, 1.82) is 0 Å². The molecule has 27 heavy (non-hydrogen) atoms. The summed E-state index contributed by atoms with van der Waals surface area (Å²) in [5.74, 6) is 0.599. The average Bonchev–Trinajstić information content (AvgIpc) is 2.84. The molecule has 2 N–H and O–H groups in total. The number of aliphatic imine (C=N–C) groups is 1. The Morgan fingerprint density at radius 3 is 2.33 bits per heavy atom. The van der Waals surface area contributed by atoms with Crippen molar-refractivity contribution in [3.8, 4) is 0 Å². The quantitative estimate of drug-likeness (QED) is 0.617. The van der Waals surface area contributed by atoms with Crippen LogP contribution >= 0.6 is 0 Å². The fourth-order valence-electron chi connectivity index (χ4n) is 2.90. The molecular formula is C19H26F3N5. The van der Waals surface area contributed by atoms with E-state index in [0.29, 0.717) is 12.5 Å². The Morgan fingerprint density at radius 2 is 1.85 bits per heavy atom. The van der Waals surface area contributed by atoms with Gasteiger partial charge in [-0.2, -0.15) is 18.3 Å². The number of hydrogen-bond donors (Lipinski definition) is 2. The Balaban J connectivity index is 1.92. The van der Waals surface area contributed by atoms with Crippen LogP contribution in [0, 0.1) is 13.8 Å². The molecule has 0 aliphatic heterocycles. The minimum Gasteiger partial charge on any atom is -0.354 e. The zero-order valence-corrected chi connectivity index (χ0v) is 16.3. The molecule has 148 valence electrons. The third kappa shape index (κ3) is 5.48. The topological polar surface area (TPSA) is 54.2 Å². The summed E-state index contributed by atoms with van der Waals surface area (Å²) in [5.41, 5.74) is 3.45. The van der Waals surface area contributed by atoms with Gasteiger partial charge in [-0.1, -0.05) is 12.1 Å². The van der Waals surface area contributed by atoms with Crippen molar-refractivity contribution in [3.63, 3.8) is 0 Å². The number of aryl methyl sites for hydroxylation is 2. The molecular weight excluding hydrogens is 355 g/mol. The summed E-state index contributed by atoms with van der Waals surface area (Å²) in [7, 11) is 3.59. The number of guanidine groups is 1. The van der Waals surface area contributed by atoms with Crippen LogP contribution in [0.1, 0.15) is 35.0 Å². The number of nitrogens with zero attached hydrogens (tertiary/aromatic N) is 3. The van der Waals surface area contributed by atoms with Crippen LogP contribution in [0.3, 0.4) is 0 Å². The van der Waals surface area contributed by atoms with E-state index in [9.17, 15) is 13.2 Å². The first-order chi connectivity index (χ1) is 12.6. The van der Waals surface area contributed by atoms with Gasteiger partial charge in [0.2, 0.25) is 0 Å². The molecule has 0 aliphatic carbocycles. The normalized spacial score (nSPS) is 13.6. The molecule has 1 aromatic heterocycles. The van der Waals surface area contributed by atoms with Gasteiger partial charge in [0.25, 0.3) is 0 Å². The van der Waals surface area contributed by atoms with Crippen LogP contribution in [-0.4, -0.2) is 28.8 Å². The predicted molar refractivity (Wildman–Crippen MR) is 101 cm³/mol. The standard InChI is InChI=1S/C19H26F3N5/c1-12(10-17-13(2)26-27(5)14(17)3)25-18(23-4)24-11-15-6-8-16(9-7-15)19(20,21)22/h6-9,12H,10-11H2,1-5H3,(H2,23,24,25). The van der Waals surface area contributed by atoms with E-state index in [4.69, 9.17) is 0 Å². The minimum atomic E-state index is -4.32. The first kappa shape index (κ1) is 20.8. The lowest BCUT2D eigenvalue weighted by molar-refractivity contribution is -0.137. The zero-order chi connectivity index (χ0) is 20.2. The van der Waals surface area contributed by atoms with Crippen LogP contribution in [0.4, 0.5) is 13.2 Å². The van der Waals surface area contributed by atoms with Crippen molar-refractivity contribution < 1.29 is 13.2 Å². The van der Waals surface area contributed by atoms with E-state index in [-0.39, 0.29) is 6.04 Å². The molecule has 0 saturated carbocycles. The van der Waals surface area contributed by atoms with Gasteiger partial charge >= 0.3 is 6.18 Å². The second-order valence-corrected chi connectivity index (χ2v) is 6.64. The highest BCUT2D eigenvalue weighted by molar-refractivity contribution is 5.79. The molecule has 1 atom stereocenters. The van der Waals surface area contributed by atoms with Crippen LogP contribution in [0.15, 0.2) is 29.3 Å². The molecule has 2 rings (SSSR count). The fraction of sp³-hybridized carbons (Fsp3) is 0.474. The molecule has 1 heterocycles. The lowest BCUT2D eigenvalue weighted by Crippen LogP contribution is -2.42. The molecule has 0 bridgehead atoms. The second-order valence-electron chi connectivity index (χ2n) is 6.64. The number of aromatic nitrogens is 2. The van der Waals surface area contributed by atoms with Crippen LogP contribution in [0.2, 0.25) is 0 Å². The van der Waals surface area contributed by atoms with Crippen molar-refractivity contribution in [2.24, 2.45) is 12.0 Å². The number of hydrogen-bond acceptors (Lipinski definition) is 2. The van der Waals surface area contributed by atoms with E-state index in [0.717, 1.165) is 35.5 Å². The van der Waals surface area contributed by atoms with Gasteiger partial charge in [0.1, 0.15) is 0 Å². The van der Waals surface area contributed by atoms with Crippen LogP contribution in [0.25, 0.3) is 0 Å². The zero-order valence-electron chi connectivity index (χ0n) is 16.3. The molecule has 8 heteroatoms. The van der Waals surface area contributed by atoms with E-state index >= 15 is 0 Å². The van der Waals surface area contributed by atoms with E-state index in [1.807, 2.05) is 25.6 Å². The van der Waals surface area contributed by atoms with E-state index < -0.39 is 11.7 Å². The molecule has 0 saturated heterocycles. The summed E-state index contributed by atoms with van der Waals surface area (Å²) in [6.45, 7) is 6.47. The largest absolute Gasteiger partial charge is 0.416 e. The summed E-state index contributed by atoms with van der Waals surface area (Å²) < 4.78 is 39.7. The Morgan fingerprint density at radius 1 is 1.22 bits per heavy atom. The van der Waals surface area contributed by atoms with Crippen molar-refractivity contribution in [2.75, 3.05) is 7.05 Å². The monoisotopic (exact) mass is 381 g/mol. The van der Waals surface area contributed by atoms with E-state index in [1.165, 1.54) is 17.7 Å². The maximum atomic E-state index is 12.6. The smallest absolute Gasteiger partial charge is 0.354 e. The Bertz CT molecular complexity index is 791. The number of halogens is 3. The Kier molecular flexibility index (Phi) is 6.51. The fourth-order valence-corrected chi connectivity index (χ4v) is 2.90. The molecule has 0 spiro atoms. The highest BCUT2D eigenvalue weighted by Crippen LogP contribution is 2.29. The van der Waals surface area contributed by atoms with E-state index in [2.05, 4.69) is 27.6 Å². The van der Waals surface area contributed by atoms with Crippen LogP contribution in [0.5, 0.6) is 0 Å². The molecule has 0 fully saturated rings. The summed E-state index contributed by atoms with van der Waals surface area (Å²) in [6, 6.07) is 5.22. The summed E-state index contributed by atoms with van der Waals surface area (Å²) in [4.78, 5) is 4.19. The van der Waals surface area contributed by atoms with Gasteiger partial charge in [-0.15, -0.1) is 0 Å². The number of alkyl halides is 3. The van der Waals surface area contributed by atoms with Gasteiger partial charge in [0.05, 0.1) is 11.3 Å². The molecule has 0 aliphatic rings. The van der Waals surface area contributed by atoms with Crippen LogP contribution in [-0.2, 0) is 26.2 Å². The minimum absolute atomic E-state index is 0.116. The van der Waals surface area contributed by atoms with Gasteiger partial charge in [0, 0.05) is 32.4 Å². The molecule has 1 aromatic carbocycles.